The third-order valence-electron chi connectivity index (χ3n) is 1.67. The van der Waals surface area contributed by atoms with Gasteiger partial charge in [-0.05, 0) is 6.07 Å². The molecule has 4 heteroatoms. The zero-order valence-electron chi connectivity index (χ0n) is 6.03. The van der Waals surface area contributed by atoms with Crippen LogP contribution in [0.25, 0.3) is 11.0 Å². The van der Waals surface area contributed by atoms with Crippen LogP contribution in [0.5, 0.6) is 0 Å². The molecule has 2 aromatic rings. The molecule has 1 N–H and O–H groups in total. The molecule has 0 aliphatic carbocycles. The molecule has 0 unspecified atom stereocenters. The summed E-state index contributed by atoms with van der Waals surface area (Å²) < 4.78 is 1.81. The monoisotopic (exact) mass is 165 g/mol. The molecule has 0 fully saturated rings. The van der Waals surface area contributed by atoms with Gasteiger partial charge in [-0.1, -0.05) is 7.43 Å². The predicted molar refractivity (Wildman–Crippen MR) is 48.1 cm³/mol. The smallest absolute Gasteiger partial charge is 0.260 e. The molecule has 0 radical (unpaired) electrons. The highest BCUT2D eigenvalue weighted by Gasteiger charge is 2.00. The highest BCUT2D eigenvalue weighted by atomic mass is 16.1. The summed E-state index contributed by atoms with van der Waals surface area (Å²) in [6, 6.07) is 1.75. The van der Waals surface area contributed by atoms with E-state index in [4.69, 9.17) is 0 Å². The van der Waals surface area contributed by atoms with E-state index in [0.29, 0.717) is 11.0 Å². The Morgan fingerprint density at radius 2 is 2.33 bits per heavy atom. The van der Waals surface area contributed by atoms with E-state index >= 15 is 0 Å². The number of hydrogen-bond donors (Lipinski definition) is 1. The van der Waals surface area contributed by atoms with Crippen molar-refractivity contribution >= 4 is 11.0 Å². The van der Waals surface area contributed by atoms with E-state index in [-0.39, 0.29) is 13.0 Å². The van der Waals surface area contributed by atoms with E-state index in [2.05, 4.69) is 9.97 Å². The molecule has 0 amide bonds. The van der Waals surface area contributed by atoms with Crippen LogP contribution in [0.2, 0.25) is 0 Å². The standard InChI is InChI=1S/C7H7N3O.CH4/c1-10-3-2-5-6(10)8-4-9-7(5)11;/h2-4H,1H3,(H,8,9,11);1H4. The van der Waals surface area contributed by atoms with Crippen molar-refractivity contribution < 1.29 is 0 Å². The van der Waals surface area contributed by atoms with Crippen LogP contribution >= 0.6 is 0 Å². The summed E-state index contributed by atoms with van der Waals surface area (Å²) in [5.74, 6) is 0. The molecule has 0 saturated carbocycles. The number of hydrogen-bond acceptors (Lipinski definition) is 2. The Labute approximate surface area is 69.9 Å². The molecule has 0 bridgehead atoms. The summed E-state index contributed by atoms with van der Waals surface area (Å²) in [6.07, 6.45) is 3.22. The van der Waals surface area contributed by atoms with Gasteiger partial charge in [0.1, 0.15) is 5.65 Å². The maximum Gasteiger partial charge on any atom is 0.260 e. The molecular formula is C8H11N3O. The first kappa shape index (κ1) is 8.52. The van der Waals surface area contributed by atoms with Crippen LogP contribution in [0.3, 0.4) is 0 Å². The SMILES string of the molecule is C.Cn1ccc2c(=O)[nH]cnc21. The van der Waals surface area contributed by atoms with Crippen LogP contribution in [0.1, 0.15) is 7.43 Å². The number of fused-ring (bicyclic) bond motifs is 1. The normalized spacial score (nSPS) is 9.75. The van der Waals surface area contributed by atoms with Crippen molar-refractivity contribution in [3.05, 3.63) is 28.9 Å². The van der Waals surface area contributed by atoms with E-state index < -0.39 is 0 Å². The number of aromatic nitrogens is 3. The third kappa shape index (κ3) is 1.01. The van der Waals surface area contributed by atoms with Crippen molar-refractivity contribution in [1.82, 2.24) is 14.5 Å². The fraction of sp³-hybridized carbons (Fsp3) is 0.250. The van der Waals surface area contributed by atoms with Gasteiger partial charge in [-0.2, -0.15) is 0 Å². The van der Waals surface area contributed by atoms with E-state index in [9.17, 15) is 4.79 Å². The Morgan fingerprint density at radius 3 is 3.00 bits per heavy atom. The Balaban J connectivity index is 0.000000720. The zero-order valence-corrected chi connectivity index (χ0v) is 6.03. The topological polar surface area (TPSA) is 50.7 Å². The zero-order chi connectivity index (χ0) is 7.84. The van der Waals surface area contributed by atoms with Crippen LogP contribution in [-0.4, -0.2) is 14.5 Å². The van der Waals surface area contributed by atoms with Crippen molar-refractivity contribution in [3.63, 3.8) is 0 Å². The first-order valence-electron chi connectivity index (χ1n) is 3.28. The van der Waals surface area contributed by atoms with Gasteiger partial charge in [0, 0.05) is 13.2 Å². The lowest BCUT2D eigenvalue weighted by atomic mass is 10.4. The van der Waals surface area contributed by atoms with Crippen molar-refractivity contribution in [2.45, 2.75) is 7.43 Å². The number of rotatable bonds is 0. The van der Waals surface area contributed by atoms with Crippen LogP contribution < -0.4 is 5.56 Å². The lowest BCUT2D eigenvalue weighted by Gasteiger charge is -1.91. The molecule has 0 spiro atoms. The molecule has 0 atom stereocenters. The fourth-order valence-electron chi connectivity index (χ4n) is 1.09. The minimum absolute atomic E-state index is 0. The van der Waals surface area contributed by atoms with Crippen molar-refractivity contribution in [1.29, 1.82) is 0 Å². The van der Waals surface area contributed by atoms with E-state index in [1.165, 1.54) is 6.33 Å². The molecule has 2 aromatic heterocycles. The summed E-state index contributed by atoms with van der Waals surface area (Å²) >= 11 is 0. The van der Waals surface area contributed by atoms with Gasteiger partial charge in [0.25, 0.3) is 5.56 Å². The summed E-state index contributed by atoms with van der Waals surface area (Å²) in [5, 5.41) is 0.634. The molecule has 64 valence electrons. The number of nitrogens with zero attached hydrogens (tertiary/aromatic N) is 2. The maximum atomic E-state index is 11.1. The van der Waals surface area contributed by atoms with Gasteiger partial charge in [0.15, 0.2) is 0 Å². The lowest BCUT2D eigenvalue weighted by Crippen LogP contribution is -2.05. The van der Waals surface area contributed by atoms with Gasteiger partial charge in [-0.3, -0.25) is 4.79 Å². The highest BCUT2D eigenvalue weighted by molar-refractivity contribution is 5.74. The summed E-state index contributed by atoms with van der Waals surface area (Å²) in [5.41, 5.74) is 0.629. The van der Waals surface area contributed by atoms with Gasteiger partial charge in [-0.15, -0.1) is 0 Å². The molecule has 2 rings (SSSR count). The maximum absolute atomic E-state index is 11.1. The van der Waals surface area contributed by atoms with Crippen LogP contribution in [-0.2, 0) is 7.05 Å². The Bertz CT molecular complexity index is 441. The minimum atomic E-state index is -0.0874. The van der Waals surface area contributed by atoms with Gasteiger partial charge >= 0.3 is 0 Å². The van der Waals surface area contributed by atoms with Crippen LogP contribution in [0.15, 0.2) is 23.4 Å². The number of nitrogens with one attached hydrogen (secondary N) is 1. The minimum Gasteiger partial charge on any atom is -0.335 e. The molecule has 4 nitrogen and oxygen atoms in total. The molecule has 0 saturated heterocycles. The Morgan fingerprint density at radius 1 is 1.58 bits per heavy atom. The largest absolute Gasteiger partial charge is 0.335 e. The molecule has 0 aliphatic heterocycles. The number of aromatic amines is 1. The second-order valence-electron chi connectivity index (χ2n) is 2.40. The molecule has 0 aliphatic rings. The first-order chi connectivity index (χ1) is 5.29. The van der Waals surface area contributed by atoms with Gasteiger partial charge < -0.3 is 9.55 Å². The number of aryl methyl sites for hydroxylation is 1. The Hall–Kier alpha value is -1.58. The lowest BCUT2D eigenvalue weighted by molar-refractivity contribution is 0.941. The second-order valence-corrected chi connectivity index (χ2v) is 2.40. The van der Waals surface area contributed by atoms with Crippen molar-refractivity contribution in [2.24, 2.45) is 7.05 Å². The average molecular weight is 165 g/mol. The molecular weight excluding hydrogens is 154 g/mol. The highest BCUT2D eigenvalue weighted by Crippen LogP contribution is 2.03. The molecule has 12 heavy (non-hydrogen) atoms. The number of H-pyrrole nitrogens is 1. The summed E-state index contributed by atoms with van der Waals surface area (Å²) in [6.45, 7) is 0. The van der Waals surface area contributed by atoms with Gasteiger partial charge in [-0.25, -0.2) is 4.98 Å². The second kappa shape index (κ2) is 2.81. The van der Waals surface area contributed by atoms with Crippen LogP contribution in [0.4, 0.5) is 0 Å². The predicted octanol–water partition coefficient (Wildman–Crippen LogP) is 0.898. The van der Waals surface area contributed by atoms with E-state index in [0.717, 1.165) is 0 Å². The average Bonchev–Trinajstić information content (AvgIpc) is 2.35. The first-order valence-corrected chi connectivity index (χ1v) is 3.28. The van der Waals surface area contributed by atoms with Gasteiger partial charge in [0.2, 0.25) is 0 Å². The Kier molecular flexibility index (Phi) is 1.99. The van der Waals surface area contributed by atoms with Crippen LogP contribution in [0, 0.1) is 0 Å². The summed E-state index contributed by atoms with van der Waals surface area (Å²) in [7, 11) is 1.86. The quantitative estimate of drug-likeness (QED) is 0.630. The van der Waals surface area contributed by atoms with Crippen molar-refractivity contribution in [3.8, 4) is 0 Å². The summed E-state index contributed by atoms with van der Waals surface area (Å²) in [4.78, 5) is 17.6. The third-order valence-corrected chi connectivity index (χ3v) is 1.67. The van der Waals surface area contributed by atoms with Crippen molar-refractivity contribution in [2.75, 3.05) is 0 Å². The fourth-order valence-corrected chi connectivity index (χ4v) is 1.09. The van der Waals surface area contributed by atoms with E-state index in [1.54, 1.807) is 6.07 Å². The van der Waals surface area contributed by atoms with Gasteiger partial charge in [0.05, 0.1) is 11.7 Å². The molecule has 0 aromatic carbocycles. The molecule has 2 heterocycles. The van der Waals surface area contributed by atoms with E-state index in [1.807, 2.05) is 17.8 Å².